The molecule has 4 rings (SSSR count). The van der Waals surface area contributed by atoms with Crippen LogP contribution in [0.5, 0.6) is 0 Å². The smallest absolute Gasteiger partial charge is 0.139 e. The number of anilines is 2. The minimum absolute atomic E-state index is 0.788. The molecule has 0 fully saturated rings. The second-order valence-electron chi connectivity index (χ2n) is 5.98. The number of hydrogen-bond acceptors (Lipinski definition) is 4. The SMILES string of the molecule is C(=Cc1ccc(Nc2ncccc2-c2ccccn2)cc1)c1ccncc1. The highest BCUT2D eigenvalue weighted by Gasteiger charge is 2.07. The van der Waals surface area contributed by atoms with E-state index in [9.17, 15) is 0 Å². The predicted octanol–water partition coefficient (Wildman–Crippen LogP) is 5.45. The molecule has 0 aliphatic rings. The van der Waals surface area contributed by atoms with E-state index in [1.165, 1.54) is 0 Å². The molecule has 130 valence electrons. The summed E-state index contributed by atoms with van der Waals surface area (Å²) in [6.45, 7) is 0. The lowest BCUT2D eigenvalue weighted by Crippen LogP contribution is -1.97. The lowest BCUT2D eigenvalue weighted by Gasteiger charge is -2.10. The van der Waals surface area contributed by atoms with Crippen molar-refractivity contribution in [2.75, 3.05) is 5.32 Å². The maximum absolute atomic E-state index is 4.48. The van der Waals surface area contributed by atoms with Gasteiger partial charge in [0.25, 0.3) is 0 Å². The van der Waals surface area contributed by atoms with Gasteiger partial charge in [-0.3, -0.25) is 9.97 Å². The number of aromatic nitrogens is 3. The second-order valence-corrected chi connectivity index (χ2v) is 5.98. The highest BCUT2D eigenvalue weighted by molar-refractivity contribution is 5.76. The summed E-state index contributed by atoms with van der Waals surface area (Å²) in [4.78, 5) is 12.9. The van der Waals surface area contributed by atoms with E-state index in [4.69, 9.17) is 0 Å². The Labute approximate surface area is 158 Å². The lowest BCUT2D eigenvalue weighted by atomic mass is 10.1. The average Bonchev–Trinajstić information content (AvgIpc) is 2.75. The van der Waals surface area contributed by atoms with Crippen LogP contribution in [0.15, 0.2) is 91.5 Å². The van der Waals surface area contributed by atoms with Gasteiger partial charge in [-0.25, -0.2) is 4.98 Å². The Balaban J connectivity index is 1.52. The molecule has 3 aromatic heterocycles. The first-order chi connectivity index (χ1) is 13.4. The summed E-state index contributed by atoms with van der Waals surface area (Å²) in [6, 6.07) is 22.0. The third-order valence-electron chi connectivity index (χ3n) is 4.10. The van der Waals surface area contributed by atoms with Gasteiger partial charge < -0.3 is 5.32 Å². The summed E-state index contributed by atoms with van der Waals surface area (Å²) in [7, 11) is 0. The summed E-state index contributed by atoms with van der Waals surface area (Å²) in [5, 5.41) is 3.39. The first-order valence-corrected chi connectivity index (χ1v) is 8.70. The van der Waals surface area contributed by atoms with Crippen LogP contribution >= 0.6 is 0 Å². The summed E-state index contributed by atoms with van der Waals surface area (Å²) >= 11 is 0. The van der Waals surface area contributed by atoms with Crippen molar-refractivity contribution < 1.29 is 0 Å². The van der Waals surface area contributed by atoms with Gasteiger partial charge in [0.05, 0.1) is 5.69 Å². The van der Waals surface area contributed by atoms with Crippen LogP contribution < -0.4 is 5.32 Å². The minimum atomic E-state index is 0.788. The molecular weight excluding hydrogens is 332 g/mol. The predicted molar refractivity (Wildman–Crippen MR) is 110 cm³/mol. The quantitative estimate of drug-likeness (QED) is 0.520. The number of nitrogens with zero attached hydrogens (tertiary/aromatic N) is 3. The van der Waals surface area contributed by atoms with Gasteiger partial charge in [-0.15, -0.1) is 0 Å². The maximum Gasteiger partial charge on any atom is 0.139 e. The van der Waals surface area contributed by atoms with E-state index in [1.54, 1.807) is 24.8 Å². The Morgan fingerprint density at radius 3 is 2.11 bits per heavy atom. The van der Waals surface area contributed by atoms with Crippen LogP contribution in [0.2, 0.25) is 0 Å². The molecule has 0 amide bonds. The van der Waals surface area contributed by atoms with Crippen LogP contribution in [0, 0.1) is 0 Å². The van der Waals surface area contributed by atoms with Crippen LogP contribution in [-0.4, -0.2) is 15.0 Å². The number of pyridine rings is 3. The van der Waals surface area contributed by atoms with Gasteiger partial charge in [0.15, 0.2) is 0 Å². The van der Waals surface area contributed by atoms with Gasteiger partial charge in [0.1, 0.15) is 5.82 Å². The van der Waals surface area contributed by atoms with Gasteiger partial charge in [0.2, 0.25) is 0 Å². The van der Waals surface area contributed by atoms with Crippen molar-refractivity contribution in [3.8, 4) is 11.3 Å². The molecule has 0 saturated heterocycles. The highest BCUT2D eigenvalue weighted by atomic mass is 15.0. The van der Waals surface area contributed by atoms with Crippen molar-refractivity contribution in [3.63, 3.8) is 0 Å². The Hall–Kier alpha value is -3.79. The van der Waals surface area contributed by atoms with E-state index in [-0.39, 0.29) is 0 Å². The molecule has 0 unspecified atom stereocenters. The van der Waals surface area contributed by atoms with Crippen LogP contribution in [0.1, 0.15) is 11.1 Å². The lowest BCUT2D eigenvalue weighted by molar-refractivity contribution is 1.27. The van der Waals surface area contributed by atoms with Gasteiger partial charge in [-0.1, -0.05) is 30.4 Å². The molecule has 0 saturated carbocycles. The zero-order valence-corrected chi connectivity index (χ0v) is 14.7. The van der Waals surface area contributed by atoms with Crippen LogP contribution in [0.25, 0.3) is 23.4 Å². The Morgan fingerprint density at radius 2 is 1.37 bits per heavy atom. The van der Waals surface area contributed by atoms with Gasteiger partial charge in [-0.05, 0) is 59.7 Å². The number of nitrogens with one attached hydrogen (secondary N) is 1. The van der Waals surface area contributed by atoms with Gasteiger partial charge >= 0.3 is 0 Å². The third kappa shape index (κ3) is 4.25. The fourth-order valence-corrected chi connectivity index (χ4v) is 2.71. The zero-order chi connectivity index (χ0) is 18.3. The van der Waals surface area contributed by atoms with E-state index >= 15 is 0 Å². The van der Waals surface area contributed by atoms with Gasteiger partial charge in [-0.2, -0.15) is 0 Å². The Morgan fingerprint density at radius 1 is 0.630 bits per heavy atom. The van der Waals surface area contributed by atoms with Crippen molar-refractivity contribution in [1.29, 1.82) is 0 Å². The molecule has 0 aliphatic carbocycles. The van der Waals surface area contributed by atoms with E-state index in [0.29, 0.717) is 0 Å². The molecule has 0 radical (unpaired) electrons. The molecule has 1 aromatic carbocycles. The zero-order valence-electron chi connectivity index (χ0n) is 14.7. The number of hydrogen-bond donors (Lipinski definition) is 1. The van der Waals surface area contributed by atoms with Crippen LogP contribution in [0.4, 0.5) is 11.5 Å². The molecule has 27 heavy (non-hydrogen) atoms. The molecule has 0 bridgehead atoms. The van der Waals surface area contributed by atoms with E-state index in [1.807, 2.05) is 54.6 Å². The fraction of sp³-hybridized carbons (Fsp3) is 0. The third-order valence-corrected chi connectivity index (χ3v) is 4.10. The van der Waals surface area contributed by atoms with Gasteiger partial charge in [0, 0.05) is 36.0 Å². The summed E-state index contributed by atoms with van der Waals surface area (Å²) in [5.41, 5.74) is 5.10. The normalized spacial score (nSPS) is 10.8. The van der Waals surface area contributed by atoms with Crippen molar-refractivity contribution in [2.45, 2.75) is 0 Å². The topological polar surface area (TPSA) is 50.7 Å². The van der Waals surface area contributed by atoms with Crippen molar-refractivity contribution in [2.24, 2.45) is 0 Å². The summed E-state index contributed by atoms with van der Waals surface area (Å²) in [5.74, 6) is 0.788. The monoisotopic (exact) mass is 350 g/mol. The molecule has 4 nitrogen and oxygen atoms in total. The van der Waals surface area contributed by atoms with E-state index < -0.39 is 0 Å². The molecule has 3 heterocycles. The molecule has 1 N–H and O–H groups in total. The standard InChI is InChI=1S/C23H18N4/c1-2-14-25-22(5-1)21-4-3-15-26-23(21)27-20-10-8-18(9-11-20)6-7-19-12-16-24-17-13-19/h1-17H,(H,26,27). The first-order valence-electron chi connectivity index (χ1n) is 8.70. The Kier molecular flexibility index (Phi) is 4.97. The molecule has 4 heteroatoms. The second kappa shape index (κ2) is 8.06. The molecule has 0 atom stereocenters. The summed E-state index contributed by atoms with van der Waals surface area (Å²) in [6.07, 6.45) is 11.3. The molecule has 4 aromatic rings. The van der Waals surface area contributed by atoms with E-state index in [2.05, 4.69) is 44.6 Å². The van der Waals surface area contributed by atoms with Crippen LogP contribution in [0.3, 0.4) is 0 Å². The Bertz CT molecular complexity index is 1030. The largest absolute Gasteiger partial charge is 0.340 e. The van der Waals surface area contributed by atoms with Crippen molar-refractivity contribution in [1.82, 2.24) is 15.0 Å². The van der Waals surface area contributed by atoms with E-state index in [0.717, 1.165) is 33.9 Å². The number of rotatable bonds is 5. The molecular formula is C23H18N4. The summed E-state index contributed by atoms with van der Waals surface area (Å²) < 4.78 is 0. The maximum atomic E-state index is 4.48. The average molecular weight is 350 g/mol. The molecule has 0 spiro atoms. The highest BCUT2D eigenvalue weighted by Crippen LogP contribution is 2.26. The number of benzene rings is 1. The minimum Gasteiger partial charge on any atom is -0.340 e. The van der Waals surface area contributed by atoms with Crippen molar-refractivity contribution in [3.05, 3.63) is 103 Å². The first kappa shape index (κ1) is 16.7. The fourth-order valence-electron chi connectivity index (χ4n) is 2.71. The van der Waals surface area contributed by atoms with Crippen molar-refractivity contribution >= 4 is 23.7 Å². The molecule has 0 aliphatic heterocycles. The van der Waals surface area contributed by atoms with Crippen LogP contribution in [-0.2, 0) is 0 Å².